The number of benzene rings is 1. The summed E-state index contributed by atoms with van der Waals surface area (Å²) in [5.41, 5.74) is 1.15. The minimum Gasteiger partial charge on any atom is -0.353 e. The van der Waals surface area contributed by atoms with Crippen LogP contribution in [0.3, 0.4) is 0 Å². The third kappa shape index (κ3) is 5.85. The van der Waals surface area contributed by atoms with E-state index >= 15 is 0 Å². The molecule has 6 nitrogen and oxygen atoms in total. The van der Waals surface area contributed by atoms with E-state index in [9.17, 15) is 18.0 Å². The van der Waals surface area contributed by atoms with Gasteiger partial charge in [0.05, 0.1) is 5.75 Å². The fraction of sp³-hybridized carbons (Fsp3) is 0.556. The molecule has 0 spiro atoms. The van der Waals surface area contributed by atoms with Crippen molar-refractivity contribution in [3.05, 3.63) is 35.4 Å². The third-order valence-electron chi connectivity index (χ3n) is 4.35. The van der Waals surface area contributed by atoms with Gasteiger partial charge in [0.2, 0.25) is 5.91 Å². The van der Waals surface area contributed by atoms with Crippen molar-refractivity contribution in [3.63, 3.8) is 0 Å². The predicted molar refractivity (Wildman–Crippen MR) is 97.0 cm³/mol. The van der Waals surface area contributed by atoms with Gasteiger partial charge in [-0.3, -0.25) is 9.59 Å². The Bertz CT molecular complexity index is 707. The van der Waals surface area contributed by atoms with Crippen LogP contribution in [-0.2, 0) is 20.4 Å². The van der Waals surface area contributed by atoms with Crippen LogP contribution in [0.15, 0.2) is 24.3 Å². The summed E-state index contributed by atoms with van der Waals surface area (Å²) in [6.45, 7) is 5.31. The minimum atomic E-state index is -3.54. The van der Waals surface area contributed by atoms with Gasteiger partial charge in [0.25, 0.3) is 5.91 Å². The van der Waals surface area contributed by atoms with Crippen LogP contribution in [0.1, 0.15) is 49.0 Å². The van der Waals surface area contributed by atoms with Crippen molar-refractivity contribution in [3.8, 4) is 0 Å². The highest BCUT2D eigenvalue weighted by atomic mass is 32.2. The topological polar surface area (TPSA) is 83.5 Å². The molecule has 0 bridgehead atoms. The van der Waals surface area contributed by atoms with E-state index in [4.69, 9.17) is 0 Å². The van der Waals surface area contributed by atoms with Crippen molar-refractivity contribution < 1.29 is 18.0 Å². The predicted octanol–water partition coefficient (Wildman–Crippen LogP) is 1.75. The second-order valence-electron chi connectivity index (χ2n) is 6.61. The Balaban J connectivity index is 1.95. The van der Waals surface area contributed by atoms with E-state index in [2.05, 4.69) is 5.32 Å². The standard InChI is InChI=1S/C18H26N2O4S/c1-3-14(2)19-17(21)13-25(23,24)12-15-6-8-16(9-7-15)18(22)20-10-4-5-11-20/h6-9,14H,3-5,10-13H2,1-2H3,(H,19,21). The summed E-state index contributed by atoms with van der Waals surface area (Å²) >= 11 is 0. The second-order valence-corrected chi connectivity index (χ2v) is 8.67. The summed E-state index contributed by atoms with van der Waals surface area (Å²) in [6.07, 6.45) is 2.81. The van der Waals surface area contributed by atoms with Crippen molar-refractivity contribution >= 4 is 21.7 Å². The smallest absolute Gasteiger partial charge is 0.253 e. The highest BCUT2D eigenvalue weighted by Gasteiger charge is 2.21. The van der Waals surface area contributed by atoms with Gasteiger partial charge in [-0.1, -0.05) is 19.1 Å². The molecule has 1 atom stereocenters. The van der Waals surface area contributed by atoms with Crippen LogP contribution in [0.2, 0.25) is 0 Å². The van der Waals surface area contributed by atoms with Gasteiger partial charge in [-0.15, -0.1) is 0 Å². The monoisotopic (exact) mass is 366 g/mol. The molecule has 2 rings (SSSR count). The van der Waals surface area contributed by atoms with Crippen LogP contribution >= 0.6 is 0 Å². The van der Waals surface area contributed by atoms with Crippen molar-refractivity contribution in [2.24, 2.45) is 0 Å². The molecular formula is C18H26N2O4S. The first-order chi connectivity index (χ1) is 11.8. The first-order valence-corrected chi connectivity index (χ1v) is 10.5. The number of rotatable bonds is 7. The first-order valence-electron chi connectivity index (χ1n) is 8.68. The van der Waals surface area contributed by atoms with E-state index in [-0.39, 0.29) is 17.7 Å². The lowest BCUT2D eigenvalue weighted by Crippen LogP contribution is -2.36. The van der Waals surface area contributed by atoms with Crippen LogP contribution in [0.5, 0.6) is 0 Å². The number of nitrogens with one attached hydrogen (secondary N) is 1. The number of hydrogen-bond acceptors (Lipinski definition) is 4. The quantitative estimate of drug-likeness (QED) is 0.797. The van der Waals surface area contributed by atoms with E-state index in [1.165, 1.54) is 0 Å². The molecule has 1 aromatic carbocycles. The van der Waals surface area contributed by atoms with Gasteiger partial charge >= 0.3 is 0 Å². The van der Waals surface area contributed by atoms with Gasteiger partial charge in [0.15, 0.2) is 9.84 Å². The Kier molecular flexibility index (Phi) is 6.58. The van der Waals surface area contributed by atoms with Gasteiger partial charge in [-0.25, -0.2) is 8.42 Å². The van der Waals surface area contributed by atoms with E-state index in [0.29, 0.717) is 11.1 Å². The Labute approximate surface area is 149 Å². The van der Waals surface area contributed by atoms with Crippen LogP contribution in [0, 0.1) is 0 Å². The minimum absolute atomic E-state index is 0.0140. The summed E-state index contributed by atoms with van der Waals surface area (Å²) in [7, 11) is -3.54. The molecule has 0 radical (unpaired) electrons. The van der Waals surface area contributed by atoms with Gasteiger partial charge in [-0.2, -0.15) is 0 Å². The molecule has 1 aliphatic heterocycles. The lowest BCUT2D eigenvalue weighted by molar-refractivity contribution is -0.119. The number of amides is 2. The summed E-state index contributed by atoms with van der Waals surface area (Å²) in [4.78, 5) is 25.9. The maximum atomic E-state index is 12.3. The maximum absolute atomic E-state index is 12.3. The van der Waals surface area contributed by atoms with Crippen LogP contribution in [0.25, 0.3) is 0 Å². The lowest BCUT2D eigenvalue weighted by atomic mass is 10.1. The zero-order valence-electron chi connectivity index (χ0n) is 14.8. The number of likely N-dealkylation sites (tertiary alicyclic amines) is 1. The zero-order chi connectivity index (χ0) is 18.4. The largest absolute Gasteiger partial charge is 0.353 e. The molecule has 1 saturated heterocycles. The fourth-order valence-electron chi connectivity index (χ4n) is 2.77. The normalized spacial score (nSPS) is 15.8. The third-order valence-corrected chi connectivity index (χ3v) is 5.83. The maximum Gasteiger partial charge on any atom is 0.253 e. The fourth-order valence-corrected chi connectivity index (χ4v) is 4.05. The molecule has 25 heavy (non-hydrogen) atoms. The zero-order valence-corrected chi connectivity index (χ0v) is 15.6. The number of carbonyl (C=O) groups is 2. The number of sulfone groups is 1. The lowest BCUT2D eigenvalue weighted by Gasteiger charge is -2.15. The summed E-state index contributed by atoms with van der Waals surface area (Å²) < 4.78 is 24.3. The number of hydrogen-bond donors (Lipinski definition) is 1. The van der Waals surface area contributed by atoms with E-state index in [1.807, 2.05) is 18.7 Å². The first kappa shape index (κ1) is 19.4. The van der Waals surface area contributed by atoms with Gasteiger partial charge in [0.1, 0.15) is 5.75 Å². The molecule has 1 aliphatic rings. The van der Waals surface area contributed by atoms with Crippen molar-refractivity contribution in [2.75, 3.05) is 18.8 Å². The average molecular weight is 366 g/mol. The molecular weight excluding hydrogens is 340 g/mol. The molecule has 0 saturated carbocycles. The Morgan fingerprint density at radius 3 is 2.32 bits per heavy atom. The van der Waals surface area contributed by atoms with E-state index in [0.717, 1.165) is 32.4 Å². The molecule has 1 unspecified atom stereocenters. The van der Waals surface area contributed by atoms with Crippen molar-refractivity contribution in [1.29, 1.82) is 0 Å². The molecule has 138 valence electrons. The Hall–Kier alpha value is -1.89. The van der Waals surface area contributed by atoms with Crippen molar-refractivity contribution in [1.82, 2.24) is 10.2 Å². The molecule has 1 fully saturated rings. The van der Waals surface area contributed by atoms with Gasteiger partial charge in [-0.05, 0) is 43.9 Å². The van der Waals surface area contributed by atoms with Crippen LogP contribution < -0.4 is 5.32 Å². The van der Waals surface area contributed by atoms with Gasteiger partial charge in [0, 0.05) is 24.7 Å². The van der Waals surface area contributed by atoms with E-state index < -0.39 is 21.5 Å². The SMILES string of the molecule is CCC(C)NC(=O)CS(=O)(=O)Cc1ccc(C(=O)N2CCCC2)cc1. The van der Waals surface area contributed by atoms with Crippen molar-refractivity contribution in [2.45, 2.75) is 44.9 Å². The van der Waals surface area contributed by atoms with Gasteiger partial charge < -0.3 is 10.2 Å². The molecule has 2 amide bonds. The number of nitrogens with zero attached hydrogens (tertiary/aromatic N) is 1. The molecule has 0 aromatic heterocycles. The Morgan fingerprint density at radius 1 is 1.16 bits per heavy atom. The summed E-state index contributed by atoms with van der Waals surface area (Å²) in [6, 6.07) is 6.56. The van der Waals surface area contributed by atoms with Crippen LogP contribution in [0.4, 0.5) is 0 Å². The Morgan fingerprint density at radius 2 is 1.76 bits per heavy atom. The highest BCUT2D eigenvalue weighted by Crippen LogP contribution is 2.15. The summed E-state index contributed by atoms with van der Waals surface area (Å²) in [5.74, 6) is -1.22. The molecule has 1 aromatic rings. The number of carbonyl (C=O) groups excluding carboxylic acids is 2. The summed E-state index contributed by atoms with van der Waals surface area (Å²) in [5, 5.41) is 2.66. The highest BCUT2D eigenvalue weighted by molar-refractivity contribution is 7.91. The molecule has 1 N–H and O–H groups in total. The molecule has 0 aliphatic carbocycles. The average Bonchev–Trinajstić information content (AvgIpc) is 3.08. The molecule has 7 heteroatoms. The second kappa shape index (κ2) is 8.47. The van der Waals surface area contributed by atoms with E-state index in [1.54, 1.807) is 24.3 Å². The molecule has 1 heterocycles. The van der Waals surface area contributed by atoms with Crippen LogP contribution in [-0.4, -0.2) is 50.0 Å².